The van der Waals surface area contributed by atoms with Gasteiger partial charge in [-0.3, -0.25) is 0 Å². The van der Waals surface area contributed by atoms with E-state index in [0.717, 1.165) is 12.8 Å². The lowest BCUT2D eigenvalue weighted by molar-refractivity contribution is 0.113. The molecule has 0 bridgehead atoms. The highest BCUT2D eigenvalue weighted by Gasteiger charge is 2.21. The van der Waals surface area contributed by atoms with Crippen molar-refractivity contribution in [2.45, 2.75) is 25.4 Å². The highest BCUT2D eigenvalue weighted by atomic mass is 35.7. The molecule has 1 saturated heterocycles. The Kier molecular flexibility index (Phi) is 3.15. The van der Waals surface area contributed by atoms with Crippen LogP contribution in [0.5, 0.6) is 0 Å². The van der Waals surface area contributed by atoms with E-state index in [1.807, 2.05) is 0 Å². The fraction of sp³-hybridized carbons (Fsp3) is 0.714. The fourth-order valence-electron chi connectivity index (χ4n) is 1.16. The van der Waals surface area contributed by atoms with Gasteiger partial charge in [-0.25, -0.2) is 8.42 Å². The molecule has 0 saturated carbocycles. The summed E-state index contributed by atoms with van der Waals surface area (Å²) in [4.78, 5) is 0.0519. The second kappa shape index (κ2) is 3.77. The maximum atomic E-state index is 10.7. The van der Waals surface area contributed by atoms with Crippen LogP contribution in [0.4, 0.5) is 0 Å². The summed E-state index contributed by atoms with van der Waals surface area (Å²) < 4.78 is 26.7. The number of rotatable bonds is 3. The van der Waals surface area contributed by atoms with Crippen LogP contribution in [0.15, 0.2) is 11.5 Å². The van der Waals surface area contributed by atoms with Gasteiger partial charge in [-0.2, -0.15) is 0 Å². The van der Waals surface area contributed by atoms with Gasteiger partial charge in [0.2, 0.25) is 0 Å². The fourth-order valence-corrected chi connectivity index (χ4v) is 1.73. The number of halogens is 1. The molecule has 1 atom stereocenters. The van der Waals surface area contributed by atoms with Gasteiger partial charge in [0, 0.05) is 23.7 Å². The summed E-state index contributed by atoms with van der Waals surface area (Å²) >= 11 is 0. The predicted molar refractivity (Wildman–Crippen MR) is 47.5 cm³/mol. The Hall–Kier alpha value is -0.0600. The van der Waals surface area contributed by atoms with Crippen molar-refractivity contribution in [2.24, 2.45) is 0 Å². The van der Waals surface area contributed by atoms with Crippen LogP contribution in [-0.4, -0.2) is 21.1 Å². The van der Waals surface area contributed by atoms with Crippen LogP contribution in [-0.2, 0) is 13.8 Å². The van der Waals surface area contributed by atoms with Crippen molar-refractivity contribution in [1.82, 2.24) is 0 Å². The first-order chi connectivity index (χ1) is 5.50. The zero-order chi connectivity index (χ0) is 9.19. The third-order valence-corrected chi connectivity index (χ3v) is 3.34. The molecule has 0 aromatic heterocycles. The highest BCUT2D eigenvalue weighted by Crippen LogP contribution is 2.23. The van der Waals surface area contributed by atoms with Crippen LogP contribution in [0.2, 0.25) is 0 Å². The molecule has 0 aliphatic carbocycles. The monoisotopic (exact) mass is 210 g/mol. The molecule has 70 valence electrons. The van der Waals surface area contributed by atoms with Gasteiger partial charge in [0.25, 0.3) is 9.05 Å². The van der Waals surface area contributed by atoms with Gasteiger partial charge in [0.05, 0.1) is 11.0 Å². The lowest BCUT2D eigenvalue weighted by Crippen LogP contribution is -2.08. The molecule has 5 heteroatoms. The van der Waals surface area contributed by atoms with Gasteiger partial charge in [-0.05, 0) is 12.8 Å². The third-order valence-electron chi connectivity index (χ3n) is 1.82. The SMILES string of the molecule is C=C(CC1CCCO1)S(=O)(=O)Cl. The number of hydrogen-bond acceptors (Lipinski definition) is 3. The molecule has 1 fully saturated rings. The van der Waals surface area contributed by atoms with E-state index in [9.17, 15) is 8.42 Å². The highest BCUT2D eigenvalue weighted by molar-refractivity contribution is 8.16. The average molecular weight is 211 g/mol. The summed E-state index contributed by atoms with van der Waals surface area (Å²) in [6.07, 6.45) is 2.20. The zero-order valence-corrected chi connectivity index (χ0v) is 8.20. The van der Waals surface area contributed by atoms with E-state index < -0.39 is 9.05 Å². The molecule has 1 unspecified atom stereocenters. The summed E-state index contributed by atoms with van der Waals surface area (Å²) in [5.41, 5.74) is 0. The minimum absolute atomic E-state index is 0.00831. The molecule has 0 radical (unpaired) electrons. The smallest absolute Gasteiger partial charge is 0.256 e. The number of ether oxygens (including phenoxy) is 1. The van der Waals surface area contributed by atoms with Gasteiger partial charge < -0.3 is 4.74 Å². The standard InChI is InChI=1S/C7H11ClO3S/c1-6(12(8,9)10)5-7-3-2-4-11-7/h7H,1-5H2. The maximum absolute atomic E-state index is 10.7. The first kappa shape index (κ1) is 10.0. The van der Waals surface area contributed by atoms with E-state index in [0.29, 0.717) is 13.0 Å². The van der Waals surface area contributed by atoms with Crippen molar-refractivity contribution in [3.63, 3.8) is 0 Å². The Morgan fingerprint density at radius 3 is 2.75 bits per heavy atom. The first-order valence-corrected chi connectivity index (χ1v) is 6.05. The van der Waals surface area contributed by atoms with E-state index in [2.05, 4.69) is 6.58 Å². The Labute approximate surface area is 76.8 Å². The first-order valence-electron chi connectivity index (χ1n) is 3.74. The van der Waals surface area contributed by atoms with Gasteiger partial charge in [-0.1, -0.05) is 6.58 Å². The lowest BCUT2D eigenvalue weighted by Gasteiger charge is -2.08. The molecule has 1 rings (SSSR count). The van der Waals surface area contributed by atoms with Gasteiger partial charge in [0.15, 0.2) is 0 Å². The van der Waals surface area contributed by atoms with E-state index in [-0.39, 0.29) is 11.0 Å². The van der Waals surface area contributed by atoms with Crippen molar-refractivity contribution in [3.8, 4) is 0 Å². The normalized spacial score (nSPS) is 24.2. The molecule has 0 aromatic rings. The van der Waals surface area contributed by atoms with E-state index in [4.69, 9.17) is 15.4 Å². The minimum Gasteiger partial charge on any atom is -0.378 e. The minimum atomic E-state index is -3.59. The average Bonchev–Trinajstić information content (AvgIpc) is 2.37. The zero-order valence-electron chi connectivity index (χ0n) is 6.62. The van der Waals surface area contributed by atoms with Crippen LogP contribution >= 0.6 is 10.7 Å². The molecule has 0 spiro atoms. The van der Waals surface area contributed by atoms with Crippen LogP contribution < -0.4 is 0 Å². The summed E-state index contributed by atoms with van der Waals surface area (Å²) in [6, 6.07) is 0. The summed E-state index contributed by atoms with van der Waals surface area (Å²) in [5.74, 6) is 0. The molecule has 1 heterocycles. The molecule has 12 heavy (non-hydrogen) atoms. The quantitative estimate of drug-likeness (QED) is 0.666. The van der Waals surface area contributed by atoms with E-state index in [1.54, 1.807) is 0 Å². The van der Waals surface area contributed by atoms with E-state index >= 15 is 0 Å². The lowest BCUT2D eigenvalue weighted by atomic mass is 10.2. The number of hydrogen-bond donors (Lipinski definition) is 0. The molecule has 0 N–H and O–H groups in total. The summed E-state index contributed by atoms with van der Waals surface area (Å²) in [6.45, 7) is 4.10. The maximum Gasteiger partial charge on any atom is 0.256 e. The molecule has 0 aromatic carbocycles. The topological polar surface area (TPSA) is 43.4 Å². The van der Waals surface area contributed by atoms with Crippen LogP contribution in [0.3, 0.4) is 0 Å². The van der Waals surface area contributed by atoms with Crippen LogP contribution in [0.1, 0.15) is 19.3 Å². The molecular weight excluding hydrogens is 200 g/mol. The van der Waals surface area contributed by atoms with Gasteiger partial charge in [0.1, 0.15) is 0 Å². The largest absolute Gasteiger partial charge is 0.378 e. The van der Waals surface area contributed by atoms with Crippen molar-refractivity contribution in [1.29, 1.82) is 0 Å². The Bertz CT molecular complexity index is 264. The van der Waals surface area contributed by atoms with Gasteiger partial charge >= 0.3 is 0 Å². The van der Waals surface area contributed by atoms with Crippen molar-refractivity contribution >= 4 is 19.7 Å². The second-order valence-electron chi connectivity index (χ2n) is 2.82. The molecule has 1 aliphatic rings. The van der Waals surface area contributed by atoms with E-state index in [1.165, 1.54) is 0 Å². The molecule has 0 amide bonds. The predicted octanol–water partition coefficient (Wildman–Crippen LogP) is 1.64. The third kappa shape index (κ3) is 2.77. The van der Waals surface area contributed by atoms with Crippen LogP contribution in [0, 0.1) is 0 Å². The second-order valence-corrected chi connectivity index (χ2v) is 5.49. The molecule has 1 aliphatic heterocycles. The summed E-state index contributed by atoms with van der Waals surface area (Å²) in [5, 5.41) is 0. The van der Waals surface area contributed by atoms with Crippen LogP contribution in [0.25, 0.3) is 0 Å². The van der Waals surface area contributed by atoms with Gasteiger partial charge in [-0.15, -0.1) is 0 Å². The van der Waals surface area contributed by atoms with Crippen molar-refractivity contribution < 1.29 is 13.2 Å². The van der Waals surface area contributed by atoms with Crippen molar-refractivity contribution in [3.05, 3.63) is 11.5 Å². The van der Waals surface area contributed by atoms with Crippen molar-refractivity contribution in [2.75, 3.05) is 6.61 Å². The summed E-state index contributed by atoms with van der Waals surface area (Å²) in [7, 11) is 1.49. The molecular formula is C7H11ClO3S. The Morgan fingerprint density at radius 2 is 2.33 bits per heavy atom. The Balaban J connectivity index is 2.46. The Morgan fingerprint density at radius 1 is 1.67 bits per heavy atom. The molecule has 3 nitrogen and oxygen atoms in total.